The highest BCUT2D eigenvalue weighted by Crippen LogP contribution is 2.36. The van der Waals surface area contributed by atoms with E-state index >= 15 is 0 Å². The zero-order valence-corrected chi connectivity index (χ0v) is 18.9. The lowest BCUT2D eigenvalue weighted by Gasteiger charge is -2.25. The number of amides is 1. The van der Waals surface area contributed by atoms with Gasteiger partial charge in [-0.3, -0.25) is 19.4 Å². The van der Waals surface area contributed by atoms with Gasteiger partial charge in [0.05, 0.1) is 22.8 Å². The van der Waals surface area contributed by atoms with Crippen LogP contribution in [0.2, 0.25) is 0 Å². The summed E-state index contributed by atoms with van der Waals surface area (Å²) in [5, 5.41) is 8.88. The Morgan fingerprint density at radius 2 is 2.15 bits per heavy atom. The van der Waals surface area contributed by atoms with Crippen molar-refractivity contribution < 1.29 is 22.8 Å². The van der Waals surface area contributed by atoms with Crippen LogP contribution in [0.3, 0.4) is 0 Å². The van der Waals surface area contributed by atoms with E-state index < -0.39 is 31.9 Å². The lowest BCUT2D eigenvalue weighted by Crippen LogP contribution is -2.50. The summed E-state index contributed by atoms with van der Waals surface area (Å²) in [6.45, 7) is 1.51. The van der Waals surface area contributed by atoms with Crippen molar-refractivity contribution in [1.29, 1.82) is 0 Å². The standard InChI is InChI=1S/C22H23FN4O5S/c1-22(21(29)26-30,33(2,31)32)7-8-27-13-25-19-10-15(18(23)11-17(19)20(27)28)6-4-3-5-14-9-16(14)12-24/h10-11,13-14,16,30H,7-9,12,24H2,1-2H3,(H,26,29)/t14-,16+,22?/m1/s1. The predicted octanol–water partition coefficient (Wildman–Crippen LogP) is 0.184. The van der Waals surface area contributed by atoms with Gasteiger partial charge in [0.15, 0.2) is 14.6 Å². The third-order valence-electron chi connectivity index (χ3n) is 5.89. The summed E-state index contributed by atoms with van der Waals surface area (Å²) in [6, 6.07) is 2.35. The number of rotatable bonds is 6. The fraction of sp³-hybridized carbons (Fsp3) is 0.409. The summed E-state index contributed by atoms with van der Waals surface area (Å²) in [6.07, 6.45) is 2.66. The van der Waals surface area contributed by atoms with E-state index in [1.165, 1.54) is 17.9 Å². The molecule has 1 aliphatic rings. The molecule has 1 aliphatic carbocycles. The maximum atomic E-state index is 14.5. The van der Waals surface area contributed by atoms with Crippen LogP contribution in [0.5, 0.6) is 0 Å². The fourth-order valence-corrected chi connectivity index (χ4v) is 4.11. The molecule has 3 atom stereocenters. The van der Waals surface area contributed by atoms with E-state index in [0.717, 1.165) is 30.2 Å². The van der Waals surface area contributed by atoms with Gasteiger partial charge in [0, 0.05) is 18.7 Å². The lowest BCUT2D eigenvalue weighted by atomic mass is 10.1. The first-order chi connectivity index (χ1) is 15.5. The molecule has 33 heavy (non-hydrogen) atoms. The van der Waals surface area contributed by atoms with E-state index in [0.29, 0.717) is 12.5 Å². The summed E-state index contributed by atoms with van der Waals surface area (Å²) in [5.74, 6) is 9.67. The van der Waals surface area contributed by atoms with Crippen LogP contribution >= 0.6 is 0 Å². The number of carbonyl (C=O) groups is 1. The van der Waals surface area contributed by atoms with E-state index in [9.17, 15) is 22.4 Å². The van der Waals surface area contributed by atoms with Crippen molar-refractivity contribution in [2.24, 2.45) is 17.6 Å². The fourth-order valence-electron chi connectivity index (χ4n) is 3.27. The van der Waals surface area contributed by atoms with Crippen molar-refractivity contribution in [3.63, 3.8) is 0 Å². The minimum Gasteiger partial charge on any atom is -0.330 e. The second kappa shape index (κ2) is 9.32. The third kappa shape index (κ3) is 5.06. The molecule has 0 saturated heterocycles. The Hall–Kier alpha value is -3.25. The first-order valence-electron chi connectivity index (χ1n) is 10.1. The number of sulfone groups is 1. The molecule has 2 aromatic rings. The highest BCUT2D eigenvalue weighted by molar-refractivity contribution is 7.92. The van der Waals surface area contributed by atoms with Crippen LogP contribution < -0.4 is 16.8 Å². The Kier molecular flexibility index (Phi) is 6.89. The van der Waals surface area contributed by atoms with Crippen LogP contribution in [-0.2, 0) is 21.2 Å². The van der Waals surface area contributed by atoms with E-state index in [1.807, 2.05) is 0 Å². The number of benzene rings is 1. The maximum Gasteiger partial charge on any atom is 0.264 e. The highest BCUT2D eigenvalue weighted by Gasteiger charge is 2.43. The molecule has 1 aromatic heterocycles. The number of hydroxylamine groups is 1. The molecular weight excluding hydrogens is 451 g/mol. The minimum atomic E-state index is -3.93. The third-order valence-corrected chi connectivity index (χ3v) is 7.91. The van der Waals surface area contributed by atoms with Crippen molar-refractivity contribution in [2.75, 3.05) is 12.8 Å². The van der Waals surface area contributed by atoms with Crippen LogP contribution in [0, 0.1) is 41.3 Å². The van der Waals surface area contributed by atoms with Crippen molar-refractivity contribution in [3.05, 3.63) is 40.2 Å². The molecule has 1 fully saturated rings. The van der Waals surface area contributed by atoms with Gasteiger partial charge in [-0.15, -0.1) is 0 Å². The highest BCUT2D eigenvalue weighted by atomic mass is 32.2. The largest absolute Gasteiger partial charge is 0.330 e. The molecule has 0 bridgehead atoms. The van der Waals surface area contributed by atoms with Gasteiger partial charge in [0.1, 0.15) is 5.82 Å². The molecule has 4 N–H and O–H groups in total. The normalized spacial score (nSPS) is 18.9. The molecule has 3 rings (SSSR count). The summed E-state index contributed by atoms with van der Waals surface area (Å²) < 4.78 is 37.8. The van der Waals surface area contributed by atoms with Crippen LogP contribution in [-0.4, -0.2) is 46.6 Å². The average molecular weight is 475 g/mol. The zero-order valence-electron chi connectivity index (χ0n) is 18.1. The van der Waals surface area contributed by atoms with Gasteiger partial charge in [-0.25, -0.2) is 23.3 Å². The van der Waals surface area contributed by atoms with Crippen molar-refractivity contribution >= 4 is 26.6 Å². The van der Waals surface area contributed by atoms with Gasteiger partial charge in [-0.05, 0) is 62.1 Å². The van der Waals surface area contributed by atoms with E-state index in [2.05, 4.69) is 28.7 Å². The van der Waals surface area contributed by atoms with Crippen LogP contribution in [0.15, 0.2) is 23.3 Å². The van der Waals surface area contributed by atoms with Gasteiger partial charge in [-0.1, -0.05) is 5.92 Å². The number of nitrogens with zero attached hydrogens (tertiary/aromatic N) is 2. The smallest absolute Gasteiger partial charge is 0.264 e. The first kappa shape index (κ1) is 24.4. The van der Waals surface area contributed by atoms with Gasteiger partial charge in [0.25, 0.3) is 11.5 Å². The number of nitrogens with two attached hydrogens (primary N) is 1. The number of aromatic nitrogens is 2. The topological polar surface area (TPSA) is 144 Å². The SMILES string of the molecule is CC(CCn1cnc2cc(C#CC#C[C@@H]3C[C@H]3CN)c(F)cc2c1=O)(C(=O)NO)S(C)(=O)=O. The molecular formula is C22H23FN4O5S. The molecule has 174 valence electrons. The quantitative estimate of drug-likeness (QED) is 0.308. The molecule has 9 nitrogen and oxygen atoms in total. The number of halogens is 1. The van der Waals surface area contributed by atoms with Crippen molar-refractivity contribution in [3.8, 4) is 23.7 Å². The Morgan fingerprint density at radius 3 is 2.76 bits per heavy atom. The Bertz CT molecular complexity index is 1400. The molecule has 1 aromatic carbocycles. The molecule has 0 radical (unpaired) electrons. The summed E-state index contributed by atoms with van der Waals surface area (Å²) >= 11 is 0. The van der Waals surface area contributed by atoms with E-state index in [4.69, 9.17) is 10.9 Å². The summed E-state index contributed by atoms with van der Waals surface area (Å²) in [7, 11) is -3.93. The Labute approximate surface area is 190 Å². The number of nitrogens with one attached hydrogen (secondary N) is 1. The number of hydrogen-bond acceptors (Lipinski definition) is 7. The van der Waals surface area contributed by atoms with Gasteiger partial charge in [0.2, 0.25) is 0 Å². The Morgan fingerprint density at radius 1 is 1.42 bits per heavy atom. The van der Waals surface area contributed by atoms with Crippen LogP contribution in [0.25, 0.3) is 10.9 Å². The van der Waals surface area contributed by atoms with Crippen molar-refractivity contribution in [2.45, 2.75) is 31.1 Å². The second-order valence-corrected chi connectivity index (χ2v) is 10.6. The number of carbonyl (C=O) groups excluding carboxylic acids is 1. The van der Waals surface area contributed by atoms with Crippen molar-refractivity contribution in [1.82, 2.24) is 15.0 Å². The second-order valence-electron chi connectivity index (χ2n) is 8.14. The van der Waals surface area contributed by atoms with Crippen LogP contribution in [0.1, 0.15) is 25.3 Å². The molecule has 1 unspecified atom stereocenters. The molecule has 1 amide bonds. The predicted molar refractivity (Wildman–Crippen MR) is 119 cm³/mol. The Balaban J connectivity index is 1.86. The summed E-state index contributed by atoms with van der Waals surface area (Å²) in [5.41, 5.74) is 6.53. The number of hydrogen-bond donors (Lipinski definition) is 3. The monoisotopic (exact) mass is 474 g/mol. The van der Waals surface area contributed by atoms with Gasteiger partial charge in [-0.2, -0.15) is 0 Å². The molecule has 1 saturated carbocycles. The van der Waals surface area contributed by atoms with Crippen LogP contribution in [0.4, 0.5) is 4.39 Å². The van der Waals surface area contributed by atoms with E-state index in [-0.39, 0.29) is 35.3 Å². The summed E-state index contributed by atoms with van der Waals surface area (Å²) in [4.78, 5) is 28.9. The van der Waals surface area contributed by atoms with Gasteiger partial charge < -0.3 is 5.73 Å². The molecule has 0 aliphatic heterocycles. The number of fused-ring (bicyclic) bond motifs is 1. The molecule has 11 heteroatoms. The maximum absolute atomic E-state index is 14.5. The zero-order chi connectivity index (χ0) is 24.4. The van der Waals surface area contributed by atoms with E-state index in [1.54, 1.807) is 0 Å². The molecule has 0 spiro atoms. The molecule has 1 heterocycles. The number of aryl methyl sites for hydroxylation is 1. The lowest BCUT2D eigenvalue weighted by molar-refractivity contribution is -0.131. The average Bonchev–Trinajstić information content (AvgIpc) is 3.54. The first-order valence-corrected chi connectivity index (χ1v) is 12.0. The van der Waals surface area contributed by atoms with Gasteiger partial charge >= 0.3 is 0 Å². The minimum absolute atomic E-state index is 0.0249.